The summed E-state index contributed by atoms with van der Waals surface area (Å²) in [6.45, 7) is 2.42. The number of carbonyl (C=O) groups is 1. The summed E-state index contributed by atoms with van der Waals surface area (Å²) in [6, 6.07) is 13.5. The standard InChI is InChI=1S/C17H17N3O2S/c1-12-3-5-14(6-4-12)23-16-8-7-15(22-16)17(21)18-11-13-9-10-20(2)19-13/h3-10H,11H2,1-2H3,(H,18,21). The van der Waals surface area contributed by atoms with E-state index in [1.165, 1.54) is 17.3 Å². The van der Waals surface area contributed by atoms with Gasteiger partial charge in [-0.25, -0.2) is 0 Å². The van der Waals surface area contributed by atoms with Crippen molar-refractivity contribution in [3.63, 3.8) is 0 Å². The molecule has 3 aromatic rings. The van der Waals surface area contributed by atoms with Crippen molar-refractivity contribution in [1.82, 2.24) is 15.1 Å². The first-order valence-corrected chi connectivity index (χ1v) is 8.03. The molecule has 1 amide bonds. The number of benzene rings is 1. The third-order valence-corrected chi connectivity index (χ3v) is 4.17. The number of hydrogen-bond acceptors (Lipinski definition) is 4. The summed E-state index contributed by atoms with van der Waals surface area (Å²) >= 11 is 1.49. The average Bonchev–Trinajstić information content (AvgIpc) is 3.16. The lowest BCUT2D eigenvalue weighted by Gasteiger charge is -2.01. The molecule has 0 saturated heterocycles. The molecule has 0 aliphatic rings. The van der Waals surface area contributed by atoms with Gasteiger partial charge < -0.3 is 9.73 Å². The van der Waals surface area contributed by atoms with E-state index in [1.54, 1.807) is 16.8 Å². The molecule has 0 radical (unpaired) electrons. The van der Waals surface area contributed by atoms with Gasteiger partial charge in [0.05, 0.1) is 12.2 Å². The molecule has 0 aliphatic heterocycles. The van der Waals surface area contributed by atoms with E-state index in [0.717, 1.165) is 10.6 Å². The van der Waals surface area contributed by atoms with Gasteiger partial charge in [-0.3, -0.25) is 9.48 Å². The molecular weight excluding hydrogens is 310 g/mol. The fraction of sp³-hybridized carbons (Fsp3) is 0.176. The second-order valence-electron chi connectivity index (χ2n) is 5.20. The average molecular weight is 327 g/mol. The molecule has 0 bridgehead atoms. The van der Waals surface area contributed by atoms with Crippen LogP contribution < -0.4 is 5.32 Å². The van der Waals surface area contributed by atoms with Crippen LogP contribution in [0.3, 0.4) is 0 Å². The fourth-order valence-electron chi connectivity index (χ4n) is 2.03. The van der Waals surface area contributed by atoms with Crippen LogP contribution in [0, 0.1) is 6.92 Å². The molecule has 0 saturated carbocycles. The highest BCUT2D eigenvalue weighted by atomic mass is 32.2. The van der Waals surface area contributed by atoms with Crippen LogP contribution in [-0.4, -0.2) is 15.7 Å². The lowest BCUT2D eigenvalue weighted by Crippen LogP contribution is -2.22. The number of hydrogen-bond donors (Lipinski definition) is 1. The Bertz CT molecular complexity index is 805. The zero-order chi connectivity index (χ0) is 16.2. The minimum atomic E-state index is -0.244. The van der Waals surface area contributed by atoms with Gasteiger partial charge in [-0.2, -0.15) is 5.10 Å². The molecule has 6 heteroatoms. The van der Waals surface area contributed by atoms with E-state index in [4.69, 9.17) is 4.42 Å². The van der Waals surface area contributed by atoms with Gasteiger partial charge in [-0.05, 0) is 37.3 Å². The number of furan rings is 1. The van der Waals surface area contributed by atoms with E-state index < -0.39 is 0 Å². The number of amides is 1. The van der Waals surface area contributed by atoms with Crippen molar-refractivity contribution in [2.75, 3.05) is 0 Å². The van der Waals surface area contributed by atoms with Crippen LogP contribution in [0.25, 0.3) is 0 Å². The number of rotatable bonds is 5. The Balaban J connectivity index is 1.59. The molecule has 0 unspecified atom stereocenters. The summed E-state index contributed by atoms with van der Waals surface area (Å²) in [5.74, 6) is 0.0574. The van der Waals surface area contributed by atoms with E-state index in [-0.39, 0.29) is 5.91 Å². The van der Waals surface area contributed by atoms with E-state index in [0.29, 0.717) is 17.4 Å². The molecule has 2 aromatic heterocycles. The number of nitrogens with zero attached hydrogens (tertiary/aromatic N) is 2. The maximum atomic E-state index is 12.1. The molecule has 0 aliphatic carbocycles. The van der Waals surface area contributed by atoms with Crippen LogP contribution in [0.1, 0.15) is 21.8 Å². The number of nitrogens with one attached hydrogen (secondary N) is 1. The first kappa shape index (κ1) is 15.4. The van der Waals surface area contributed by atoms with Gasteiger partial charge in [-0.1, -0.05) is 29.5 Å². The van der Waals surface area contributed by atoms with E-state index in [9.17, 15) is 4.79 Å². The van der Waals surface area contributed by atoms with Crippen molar-refractivity contribution in [3.05, 3.63) is 65.7 Å². The number of carbonyl (C=O) groups excluding carboxylic acids is 1. The van der Waals surface area contributed by atoms with Crippen molar-refractivity contribution < 1.29 is 9.21 Å². The summed E-state index contributed by atoms with van der Waals surface area (Å²) in [5, 5.41) is 7.70. The summed E-state index contributed by atoms with van der Waals surface area (Å²) in [7, 11) is 1.84. The molecule has 1 aromatic carbocycles. The molecule has 23 heavy (non-hydrogen) atoms. The predicted molar refractivity (Wildman–Crippen MR) is 88.4 cm³/mol. The highest BCUT2D eigenvalue weighted by Gasteiger charge is 2.12. The Kier molecular flexibility index (Phi) is 4.52. The minimum absolute atomic E-state index is 0.244. The van der Waals surface area contributed by atoms with Crippen LogP contribution in [-0.2, 0) is 13.6 Å². The summed E-state index contributed by atoms with van der Waals surface area (Å²) in [4.78, 5) is 13.2. The molecule has 0 atom stereocenters. The number of aryl methyl sites for hydroxylation is 2. The smallest absolute Gasteiger partial charge is 0.287 e. The van der Waals surface area contributed by atoms with Crippen LogP contribution in [0.15, 0.2) is 63.1 Å². The first-order valence-electron chi connectivity index (χ1n) is 7.21. The van der Waals surface area contributed by atoms with Crippen molar-refractivity contribution in [2.45, 2.75) is 23.5 Å². The van der Waals surface area contributed by atoms with Crippen LogP contribution >= 0.6 is 11.8 Å². The molecule has 118 valence electrons. The zero-order valence-corrected chi connectivity index (χ0v) is 13.8. The van der Waals surface area contributed by atoms with Gasteiger partial charge in [0.1, 0.15) is 0 Å². The Morgan fingerprint density at radius 2 is 2.00 bits per heavy atom. The van der Waals surface area contributed by atoms with Crippen molar-refractivity contribution in [2.24, 2.45) is 7.05 Å². The van der Waals surface area contributed by atoms with Gasteiger partial charge in [0.25, 0.3) is 5.91 Å². The third kappa shape index (κ3) is 4.04. The van der Waals surface area contributed by atoms with Gasteiger partial charge in [-0.15, -0.1) is 0 Å². The van der Waals surface area contributed by atoms with E-state index in [1.807, 2.05) is 50.5 Å². The number of aromatic nitrogens is 2. The lowest BCUT2D eigenvalue weighted by molar-refractivity contribution is 0.0917. The molecule has 5 nitrogen and oxygen atoms in total. The molecule has 1 N–H and O–H groups in total. The van der Waals surface area contributed by atoms with Gasteiger partial charge in [0.2, 0.25) is 0 Å². The Morgan fingerprint density at radius 3 is 2.70 bits per heavy atom. The van der Waals surface area contributed by atoms with Crippen molar-refractivity contribution in [1.29, 1.82) is 0 Å². The molecule has 0 spiro atoms. The Hall–Kier alpha value is -2.47. The minimum Gasteiger partial charge on any atom is -0.444 e. The SMILES string of the molecule is Cc1ccc(Sc2ccc(C(=O)NCc3ccn(C)n3)o2)cc1. The summed E-state index contributed by atoms with van der Waals surface area (Å²) < 4.78 is 7.30. The van der Waals surface area contributed by atoms with Crippen molar-refractivity contribution in [3.8, 4) is 0 Å². The van der Waals surface area contributed by atoms with Gasteiger partial charge in [0.15, 0.2) is 10.9 Å². The van der Waals surface area contributed by atoms with Crippen LogP contribution in [0.4, 0.5) is 0 Å². The Labute approximate surface area is 138 Å². The van der Waals surface area contributed by atoms with E-state index >= 15 is 0 Å². The largest absolute Gasteiger partial charge is 0.444 e. The van der Waals surface area contributed by atoms with Crippen LogP contribution in [0.2, 0.25) is 0 Å². The highest BCUT2D eigenvalue weighted by molar-refractivity contribution is 7.99. The topological polar surface area (TPSA) is 60.1 Å². The summed E-state index contributed by atoms with van der Waals surface area (Å²) in [5.41, 5.74) is 2.02. The maximum Gasteiger partial charge on any atom is 0.287 e. The molecule has 2 heterocycles. The zero-order valence-electron chi connectivity index (χ0n) is 12.9. The quantitative estimate of drug-likeness (QED) is 0.780. The normalized spacial score (nSPS) is 10.7. The van der Waals surface area contributed by atoms with Gasteiger partial charge >= 0.3 is 0 Å². The second kappa shape index (κ2) is 6.75. The predicted octanol–water partition coefficient (Wildman–Crippen LogP) is 3.40. The third-order valence-electron chi connectivity index (χ3n) is 3.24. The molecular formula is C17H17N3O2S. The van der Waals surface area contributed by atoms with E-state index in [2.05, 4.69) is 10.4 Å². The van der Waals surface area contributed by atoms with Crippen LogP contribution in [0.5, 0.6) is 0 Å². The Morgan fingerprint density at radius 1 is 1.22 bits per heavy atom. The maximum absolute atomic E-state index is 12.1. The highest BCUT2D eigenvalue weighted by Crippen LogP contribution is 2.29. The lowest BCUT2D eigenvalue weighted by atomic mass is 10.2. The molecule has 3 rings (SSSR count). The summed E-state index contributed by atoms with van der Waals surface area (Å²) in [6.07, 6.45) is 1.84. The van der Waals surface area contributed by atoms with Gasteiger partial charge in [0, 0.05) is 18.1 Å². The monoisotopic (exact) mass is 327 g/mol. The van der Waals surface area contributed by atoms with Crippen molar-refractivity contribution >= 4 is 17.7 Å². The molecule has 0 fully saturated rings. The first-order chi connectivity index (χ1) is 11.1. The second-order valence-corrected chi connectivity index (χ2v) is 6.28. The fourth-order valence-corrected chi connectivity index (χ4v) is 2.81.